The second kappa shape index (κ2) is 5.85. The summed E-state index contributed by atoms with van der Waals surface area (Å²) in [5, 5.41) is 4.66. The number of ether oxygens (including phenoxy) is 1. The highest BCUT2D eigenvalue weighted by atomic mass is 16.5. The summed E-state index contributed by atoms with van der Waals surface area (Å²) < 4.78 is 5.54. The molecule has 1 atom stereocenters. The van der Waals surface area contributed by atoms with Gasteiger partial charge in [-0.2, -0.15) is 0 Å². The van der Waals surface area contributed by atoms with Crippen LogP contribution in [0.4, 0.5) is 0 Å². The van der Waals surface area contributed by atoms with Crippen molar-refractivity contribution in [2.45, 2.75) is 25.5 Å². The van der Waals surface area contributed by atoms with E-state index in [0.29, 0.717) is 6.10 Å². The fraction of sp³-hybridized carbons (Fsp3) is 0.312. The van der Waals surface area contributed by atoms with Crippen molar-refractivity contribution >= 4 is 10.9 Å². The van der Waals surface area contributed by atoms with Crippen LogP contribution >= 0.6 is 0 Å². The van der Waals surface area contributed by atoms with Crippen LogP contribution in [0.1, 0.15) is 18.4 Å². The van der Waals surface area contributed by atoms with Crippen molar-refractivity contribution in [2.24, 2.45) is 0 Å². The zero-order valence-corrected chi connectivity index (χ0v) is 10.9. The van der Waals surface area contributed by atoms with Gasteiger partial charge in [-0.3, -0.25) is 4.98 Å². The lowest BCUT2D eigenvalue weighted by molar-refractivity contribution is 0.122. The van der Waals surface area contributed by atoms with Gasteiger partial charge in [-0.25, -0.2) is 0 Å². The number of nitrogens with zero attached hydrogens (tertiary/aromatic N) is 1. The molecule has 0 aliphatic carbocycles. The van der Waals surface area contributed by atoms with Gasteiger partial charge in [-0.15, -0.1) is 0 Å². The molecule has 0 spiro atoms. The van der Waals surface area contributed by atoms with Crippen LogP contribution in [0.15, 0.2) is 48.9 Å². The molecule has 0 amide bonds. The second-order valence-corrected chi connectivity index (χ2v) is 4.83. The van der Waals surface area contributed by atoms with Gasteiger partial charge in [-0.1, -0.05) is 24.3 Å². The fourth-order valence-corrected chi connectivity index (χ4v) is 2.41. The lowest BCUT2D eigenvalue weighted by atomic mass is 10.1. The first-order valence-corrected chi connectivity index (χ1v) is 6.77. The Kier molecular flexibility index (Phi) is 3.75. The summed E-state index contributed by atoms with van der Waals surface area (Å²) in [5.41, 5.74) is 2.33. The normalized spacial score (nSPS) is 18.4. The van der Waals surface area contributed by atoms with E-state index in [4.69, 9.17) is 4.74 Å². The average Bonchev–Trinajstić information content (AvgIpc) is 2.49. The topological polar surface area (TPSA) is 34.1 Å². The molecule has 0 saturated heterocycles. The fourth-order valence-electron chi connectivity index (χ4n) is 2.41. The number of hydrogen-bond donors (Lipinski definition) is 1. The predicted octanol–water partition coefficient (Wildman–Crippen LogP) is 3.02. The van der Waals surface area contributed by atoms with Gasteiger partial charge in [0, 0.05) is 24.7 Å². The molecule has 1 aromatic carbocycles. The van der Waals surface area contributed by atoms with Gasteiger partial charge in [-0.05, 0) is 30.5 Å². The van der Waals surface area contributed by atoms with Gasteiger partial charge in [0.1, 0.15) is 6.10 Å². The third-order valence-corrected chi connectivity index (χ3v) is 3.43. The van der Waals surface area contributed by atoms with E-state index in [1.807, 2.05) is 18.5 Å². The Morgan fingerprint density at radius 1 is 1.26 bits per heavy atom. The molecule has 1 N–H and O–H groups in total. The van der Waals surface area contributed by atoms with Gasteiger partial charge in [0.05, 0.1) is 11.8 Å². The Balaban J connectivity index is 1.63. The zero-order chi connectivity index (χ0) is 12.9. The largest absolute Gasteiger partial charge is 0.497 e. The number of para-hydroxylation sites is 1. The van der Waals surface area contributed by atoms with E-state index in [9.17, 15) is 0 Å². The molecule has 0 fully saturated rings. The van der Waals surface area contributed by atoms with E-state index in [1.54, 1.807) is 0 Å². The maximum Gasteiger partial charge on any atom is 0.110 e. The molecule has 98 valence electrons. The lowest BCUT2D eigenvalue weighted by Gasteiger charge is -2.19. The number of fused-ring (bicyclic) bond motifs is 1. The van der Waals surface area contributed by atoms with Crippen molar-refractivity contribution in [3.05, 3.63) is 54.4 Å². The van der Waals surface area contributed by atoms with E-state index in [1.165, 1.54) is 10.9 Å². The van der Waals surface area contributed by atoms with E-state index < -0.39 is 0 Å². The molecule has 0 radical (unpaired) electrons. The molecule has 3 nitrogen and oxygen atoms in total. The van der Waals surface area contributed by atoms with Crippen LogP contribution in [0.3, 0.4) is 0 Å². The van der Waals surface area contributed by atoms with Gasteiger partial charge >= 0.3 is 0 Å². The summed E-state index contributed by atoms with van der Waals surface area (Å²) in [7, 11) is 0. The molecule has 0 bridgehead atoms. The Hall–Kier alpha value is -1.87. The van der Waals surface area contributed by atoms with Crippen LogP contribution in [0.25, 0.3) is 10.9 Å². The first kappa shape index (κ1) is 12.2. The molecular weight excluding hydrogens is 236 g/mol. The molecule has 19 heavy (non-hydrogen) atoms. The number of nitrogens with one attached hydrogen (secondary N) is 1. The SMILES string of the molecule is C1=COC(CNCc2cccc3cccnc23)CC1. The van der Waals surface area contributed by atoms with Crippen LogP contribution < -0.4 is 5.32 Å². The zero-order valence-electron chi connectivity index (χ0n) is 10.9. The smallest absolute Gasteiger partial charge is 0.110 e. The van der Waals surface area contributed by atoms with Crippen LogP contribution in [0, 0.1) is 0 Å². The van der Waals surface area contributed by atoms with Crippen molar-refractivity contribution < 1.29 is 4.74 Å². The Morgan fingerprint density at radius 3 is 3.11 bits per heavy atom. The third-order valence-electron chi connectivity index (χ3n) is 3.43. The summed E-state index contributed by atoms with van der Waals surface area (Å²) >= 11 is 0. The highest BCUT2D eigenvalue weighted by molar-refractivity contribution is 5.81. The molecule has 2 heterocycles. The van der Waals surface area contributed by atoms with Crippen molar-refractivity contribution in [1.29, 1.82) is 0 Å². The van der Waals surface area contributed by atoms with Gasteiger partial charge in [0.2, 0.25) is 0 Å². The maximum atomic E-state index is 5.54. The van der Waals surface area contributed by atoms with Gasteiger partial charge < -0.3 is 10.1 Å². The van der Waals surface area contributed by atoms with E-state index >= 15 is 0 Å². The minimum atomic E-state index is 0.299. The molecular formula is C16H18N2O. The number of aromatic nitrogens is 1. The second-order valence-electron chi connectivity index (χ2n) is 4.83. The van der Waals surface area contributed by atoms with E-state index in [2.05, 4.69) is 40.6 Å². The van der Waals surface area contributed by atoms with Crippen LogP contribution in [0.5, 0.6) is 0 Å². The summed E-state index contributed by atoms with van der Waals surface area (Å²) in [6, 6.07) is 10.4. The maximum absolute atomic E-state index is 5.54. The van der Waals surface area contributed by atoms with Crippen molar-refractivity contribution in [3.63, 3.8) is 0 Å². The minimum Gasteiger partial charge on any atom is -0.497 e. The number of benzene rings is 1. The number of allylic oxidation sites excluding steroid dienone is 1. The van der Waals surface area contributed by atoms with Crippen molar-refractivity contribution in [2.75, 3.05) is 6.54 Å². The molecule has 2 aromatic rings. The third kappa shape index (κ3) is 2.93. The summed E-state index contributed by atoms with van der Waals surface area (Å²) in [6.45, 7) is 1.71. The van der Waals surface area contributed by atoms with Crippen LogP contribution in [-0.4, -0.2) is 17.6 Å². The summed E-state index contributed by atoms with van der Waals surface area (Å²) in [4.78, 5) is 4.46. The van der Waals surface area contributed by atoms with Gasteiger partial charge in [0.25, 0.3) is 0 Å². The Labute approximate surface area is 113 Å². The minimum absolute atomic E-state index is 0.299. The summed E-state index contributed by atoms with van der Waals surface area (Å²) in [6.07, 6.45) is 8.24. The molecule has 3 heteroatoms. The molecule has 1 aromatic heterocycles. The first-order chi connectivity index (χ1) is 9.43. The van der Waals surface area contributed by atoms with E-state index in [-0.39, 0.29) is 0 Å². The van der Waals surface area contributed by atoms with Crippen molar-refractivity contribution in [3.8, 4) is 0 Å². The van der Waals surface area contributed by atoms with Gasteiger partial charge in [0.15, 0.2) is 0 Å². The average molecular weight is 254 g/mol. The standard InChI is InChI=1S/C16H18N2O/c1-2-10-19-15(8-1)12-17-11-14-6-3-5-13-7-4-9-18-16(13)14/h2-7,9-10,15,17H,1,8,11-12H2. The van der Waals surface area contributed by atoms with Crippen LogP contribution in [0.2, 0.25) is 0 Å². The quantitative estimate of drug-likeness (QED) is 0.910. The first-order valence-electron chi connectivity index (χ1n) is 6.77. The molecule has 1 aliphatic heterocycles. The Bertz CT molecular complexity index is 574. The Morgan fingerprint density at radius 2 is 2.21 bits per heavy atom. The number of rotatable bonds is 4. The highest BCUT2D eigenvalue weighted by Crippen LogP contribution is 2.16. The number of hydrogen-bond acceptors (Lipinski definition) is 3. The molecule has 1 unspecified atom stereocenters. The van der Waals surface area contributed by atoms with Crippen LogP contribution in [-0.2, 0) is 11.3 Å². The van der Waals surface area contributed by atoms with Crippen molar-refractivity contribution in [1.82, 2.24) is 10.3 Å². The lowest BCUT2D eigenvalue weighted by Crippen LogP contribution is -2.28. The highest BCUT2D eigenvalue weighted by Gasteiger charge is 2.10. The molecule has 0 saturated carbocycles. The monoisotopic (exact) mass is 254 g/mol. The summed E-state index contributed by atoms with van der Waals surface area (Å²) in [5.74, 6) is 0. The molecule has 1 aliphatic rings. The molecule has 3 rings (SSSR count). The van der Waals surface area contributed by atoms with E-state index in [0.717, 1.165) is 31.4 Å². The number of pyridine rings is 1. The predicted molar refractivity (Wildman–Crippen MR) is 76.7 cm³/mol.